The number of hydrogen-bond acceptors (Lipinski definition) is 2. The molecular weight excluding hydrogens is 210 g/mol. The summed E-state index contributed by atoms with van der Waals surface area (Å²) in [4.78, 5) is 0. The van der Waals surface area contributed by atoms with Gasteiger partial charge < -0.3 is 10.5 Å². The lowest BCUT2D eigenvalue weighted by Gasteiger charge is -2.27. The van der Waals surface area contributed by atoms with Gasteiger partial charge in [-0.15, -0.1) is 0 Å². The quantitative estimate of drug-likeness (QED) is 0.729. The number of nitrogens with two attached hydrogens (primary N) is 1. The van der Waals surface area contributed by atoms with E-state index in [9.17, 15) is 0 Å². The largest absolute Gasteiger partial charge is 0.496 e. The summed E-state index contributed by atoms with van der Waals surface area (Å²) < 4.78 is 5.38. The van der Waals surface area contributed by atoms with Crippen LogP contribution in [0.1, 0.15) is 51.5 Å². The lowest BCUT2D eigenvalue weighted by molar-refractivity contribution is 0.370. The number of para-hydroxylation sites is 1. The predicted molar refractivity (Wildman–Crippen MR) is 73.3 cm³/mol. The van der Waals surface area contributed by atoms with Gasteiger partial charge in [-0.25, -0.2) is 0 Å². The molecule has 0 aliphatic heterocycles. The third-order valence-electron chi connectivity index (χ3n) is 3.27. The maximum absolute atomic E-state index is 6.42. The van der Waals surface area contributed by atoms with Crippen LogP contribution in [0.15, 0.2) is 24.3 Å². The van der Waals surface area contributed by atoms with E-state index in [0.29, 0.717) is 0 Å². The van der Waals surface area contributed by atoms with Gasteiger partial charge in [-0.2, -0.15) is 0 Å². The summed E-state index contributed by atoms with van der Waals surface area (Å²) >= 11 is 0. The molecule has 0 aliphatic rings. The predicted octanol–water partition coefficient (Wildman–Crippen LogP) is 3.84. The van der Waals surface area contributed by atoms with Crippen LogP contribution in [0, 0.1) is 0 Å². The molecule has 17 heavy (non-hydrogen) atoms. The van der Waals surface area contributed by atoms with Gasteiger partial charge in [0.25, 0.3) is 0 Å². The van der Waals surface area contributed by atoms with Crippen molar-refractivity contribution in [2.75, 3.05) is 7.11 Å². The highest BCUT2D eigenvalue weighted by atomic mass is 16.5. The van der Waals surface area contributed by atoms with Crippen molar-refractivity contribution in [1.82, 2.24) is 0 Å². The Bertz CT molecular complexity index is 333. The normalized spacial score (nSPS) is 14.4. The van der Waals surface area contributed by atoms with E-state index in [1.54, 1.807) is 7.11 Å². The van der Waals surface area contributed by atoms with Gasteiger partial charge in [-0.05, 0) is 19.4 Å². The third-order valence-corrected chi connectivity index (χ3v) is 3.27. The first-order valence-corrected chi connectivity index (χ1v) is 6.54. The van der Waals surface area contributed by atoms with Crippen LogP contribution < -0.4 is 10.5 Å². The van der Waals surface area contributed by atoms with Crippen LogP contribution in [0.4, 0.5) is 0 Å². The number of methoxy groups -OCH3 is 1. The smallest absolute Gasteiger partial charge is 0.123 e. The molecule has 96 valence electrons. The van der Waals surface area contributed by atoms with Gasteiger partial charge in [0.2, 0.25) is 0 Å². The first-order chi connectivity index (χ1) is 8.11. The Balaban J connectivity index is 2.67. The van der Waals surface area contributed by atoms with Crippen LogP contribution in [0.25, 0.3) is 0 Å². The molecule has 0 amide bonds. The van der Waals surface area contributed by atoms with Crippen LogP contribution in [-0.4, -0.2) is 7.11 Å². The summed E-state index contributed by atoms with van der Waals surface area (Å²) in [6, 6.07) is 8.05. The fraction of sp³-hybridized carbons (Fsp3) is 0.600. The number of unbranched alkanes of at least 4 members (excludes halogenated alkanes) is 3. The molecule has 0 radical (unpaired) electrons. The van der Waals surface area contributed by atoms with Gasteiger partial charge in [-0.3, -0.25) is 0 Å². The average Bonchev–Trinajstić information content (AvgIpc) is 2.34. The maximum Gasteiger partial charge on any atom is 0.123 e. The van der Waals surface area contributed by atoms with E-state index in [4.69, 9.17) is 10.5 Å². The molecule has 0 aliphatic carbocycles. The van der Waals surface area contributed by atoms with Gasteiger partial charge in [0.05, 0.1) is 7.11 Å². The molecule has 0 aromatic heterocycles. The Morgan fingerprint density at radius 1 is 1.18 bits per heavy atom. The van der Waals surface area contributed by atoms with Crippen LogP contribution in [0.2, 0.25) is 0 Å². The molecule has 1 rings (SSSR count). The highest BCUT2D eigenvalue weighted by molar-refractivity contribution is 5.38. The monoisotopic (exact) mass is 235 g/mol. The van der Waals surface area contributed by atoms with E-state index >= 15 is 0 Å². The van der Waals surface area contributed by atoms with Crippen molar-refractivity contribution in [3.05, 3.63) is 29.8 Å². The van der Waals surface area contributed by atoms with Gasteiger partial charge in [-0.1, -0.05) is 50.8 Å². The highest BCUT2D eigenvalue weighted by Crippen LogP contribution is 2.31. The van der Waals surface area contributed by atoms with Crippen molar-refractivity contribution in [3.8, 4) is 5.75 Å². The Hall–Kier alpha value is -1.02. The Kier molecular flexibility index (Phi) is 5.49. The Labute approximate surface area is 105 Å². The summed E-state index contributed by atoms with van der Waals surface area (Å²) in [6.45, 7) is 4.32. The van der Waals surface area contributed by atoms with E-state index in [1.807, 2.05) is 18.2 Å². The zero-order valence-electron chi connectivity index (χ0n) is 11.3. The minimum absolute atomic E-state index is 0.291. The molecule has 2 N–H and O–H groups in total. The molecule has 1 unspecified atom stereocenters. The van der Waals surface area contributed by atoms with E-state index in [0.717, 1.165) is 17.7 Å². The summed E-state index contributed by atoms with van der Waals surface area (Å²) in [5.41, 5.74) is 7.24. The highest BCUT2D eigenvalue weighted by Gasteiger charge is 2.23. The maximum atomic E-state index is 6.42. The molecule has 0 heterocycles. The van der Waals surface area contributed by atoms with Crippen molar-refractivity contribution in [2.24, 2.45) is 5.73 Å². The topological polar surface area (TPSA) is 35.2 Å². The molecule has 2 nitrogen and oxygen atoms in total. The molecule has 1 aromatic rings. The van der Waals surface area contributed by atoms with Crippen molar-refractivity contribution >= 4 is 0 Å². The molecule has 1 aromatic carbocycles. The van der Waals surface area contributed by atoms with Crippen molar-refractivity contribution in [1.29, 1.82) is 0 Å². The van der Waals surface area contributed by atoms with Crippen LogP contribution in [0.5, 0.6) is 5.75 Å². The molecular formula is C15H25NO. The lowest BCUT2D eigenvalue weighted by atomic mass is 9.87. The second-order valence-electron chi connectivity index (χ2n) is 4.93. The van der Waals surface area contributed by atoms with Crippen molar-refractivity contribution < 1.29 is 4.74 Å². The van der Waals surface area contributed by atoms with Crippen LogP contribution >= 0.6 is 0 Å². The molecule has 1 atom stereocenters. The number of benzene rings is 1. The number of hydrogen-bond donors (Lipinski definition) is 1. The SMILES string of the molecule is CCCCCCC(C)(N)c1ccccc1OC. The van der Waals surface area contributed by atoms with E-state index in [-0.39, 0.29) is 5.54 Å². The van der Waals surface area contributed by atoms with Gasteiger partial charge >= 0.3 is 0 Å². The second-order valence-corrected chi connectivity index (χ2v) is 4.93. The fourth-order valence-corrected chi connectivity index (χ4v) is 2.17. The molecule has 0 saturated carbocycles. The Morgan fingerprint density at radius 3 is 2.53 bits per heavy atom. The third kappa shape index (κ3) is 4.04. The zero-order valence-corrected chi connectivity index (χ0v) is 11.3. The Morgan fingerprint density at radius 2 is 1.88 bits per heavy atom. The zero-order chi connectivity index (χ0) is 12.7. The van der Waals surface area contributed by atoms with Gasteiger partial charge in [0, 0.05) is 11.1 Å². The van der Waals surface area contributed by atoms with Gasteiger partial charge in [0.1, 0.15) is 5.75 Å². The first kappa shape index (κ1) is 14.0. The number of ether oxygens (including phenoxy) is 1. The fourth-order valence-electron chi connectivity index (χ4n) is 2.17. The average molecular weight is 235 g/mol. The van der Waals surface area contributed by atoms with Crippen LogP contribution in [0.3, 0.4) is 0 Å². The molecule has 0 saturated heterocycles. The summed E-state index contributed by atoms with van der Waals surface area (Å²) in [6.07, 6.45) is 6.00. The van der Waals surface area contributed by atoms with E-state index in [1.165, 1.54) is 25.7 Å². The molecule has 0 bridgehead atoms. The van der Waals surface area contributed by atoms with Crippen molar-refractivity contribution in [3.63, 3.8) is 0 Å². The van der Waals surface area contributed by atoms with E-state index < -0.39 is 0 Å². The van der Waals surface area contributed by atoms with Gasteiger partial charge in [0.15, 0.2) is 0 Å². The summed E-state index contributed by atoms with van der Waals surface area (Å²) in [5.74, 6) is 0.896. The molecule has 2 heteroatoms. The summed E-state index contributed by atoms with van der Waals surface area (Å²) in [7, 11) is 1.70. The minimum atomic E-state index is -0.291. The van der Waals surface area contributed by atoms with Crippen LogP contribution in [-0.2, 0) is 5.54 Å². The molecule has 0 fully saturated rings. The first-order valence-electron chi connectivity index (χ1n) is 6.54. The standard InChI is InChI=1S/C15H25NO/c1-4-5-6-9-12-15(2,16)13-10-7-8-11-14(13)17-3/h7-8,10-11H,4-6,9,12,16H2,1-3H3. The van der Waals surface area contributed by atoms with Crippen molar-refractivity contribution in [2.45, 2.75) is 51.5 Å². The minimum Gasteiger partial charge on any atom is -0.496 e. The summed E-state index contributed by atoms with van der Waals surface area (Å²) in [5, 5.41) is 0. The lowest BCUT2D eigenvalue weighted by Crippen LogP contribution is -2.33. The van der Waals surface area contributed by atoms with E-state index in [2.05, 4.69) is 19.9 Å². The number of rotatable bonds is 7. The molecule has 0 spiro atoms. The second kappa shape index (κ2) is 6.65.